The van der Waals surface area contributed by atoms with Crippen molar-refractivity contribution in [3.05, 3.63) is 307 Å². The Morgan fingerprint density at radius 1 is 0.430 bits per heavy atom. The van der Waals surface area contributed by atoms with Gasteiger partial charge < -0.3 is 4.74 Å². The molecule has 1 aliphatic heterocycles. The second-order valence-corrected chi connectivity index (χ2v) is 25.5. The number of benzene rings is 12. The van der Waals surface area contributed by atoms with Crippen molar-refractivity contribution in [1.82, 2.24) is 14.1 Å². The fourth-order valence-corrected chi connectivity index (χ4v) is 13.0. The molecule has 0 N–H and O–H groups in total. The zero-order chi connectivity index (χ0) is 79.6. The first kappa shape index (κ1) is 39.9. The van der Waals surface area contributed by atoms with E-state index in [-0.39, 0.29) is 44.2 Å². The van der Waals surface area contributed by atoms with Crippen molar-refractivity contribution in [1.29, 1.82) is 0 Å². The molecule has 448 valence electrons. The Hall–Kier alpha value is -11.1. The predicted octanol–water partition coefficient (Wildman–Crippen LogP) is 22.9. The maximum absolute atomic E-state index is 10.5. The van der Waals surface area contributed by atoms with Crippen LogP contribution in [0.5, 0.6) is 11.5 Å². The van der Waals surface area contributed by atoms with Gasteiger partial charge in [-0.3, -0.25) is 13.7 Å². The first-order valence-corrected chi connectivity index (χ1v) is 30.8. The van der Waals surface area contributed by atoms with Gasteiger partial charge in [0.2, 0.25) is 0 Å². The molecule has 0 amide bonds. The van der Waals surface area contributed by atoms with E-state index in [9.17, 15) is 9.60 Å². The fourth-order valence-electron chi connectivity index (χ4n) is 13.0. The number of para-hydroxylation sites is 1. The highest BCUT2D eigenvalue weighted by Gasteiger charge is 2.30. The molecular weight excluding hydrogens is 1130 g/mol. The third-order valence-electron chi connectivity index (χ3n) is 17.6. The normalized spacial score (nSPS) is 15.3. The van der Waals surface area contributed by atoms with Crippen molar-refractivity contribution in [3.8, 4) is 118 Å². The highest BCUT2D eigenvalue weighted by atomic mass is 16.5. The Balaban J connectivity index is 1.05. The van der Waals surface area contributed by atoms with Gasteiger partial charge in [-0.25, -0.2) is 4.98 Å². The summed E-state index contributed by atoms with van der Waals surface area (Å²) in [5.41, 5.74) is 6.92. The van der Waals surface area contributed by atoms with Crippen molar-refractivity contribution in [2.45, 2.75) is 66.1 Å². The second-order valence-electron chi connectivity index (χ2n) is 25.5. The Morgan fingerprint density at radius 2 is 1.00 bits per heavy atom. The van der Waals surface area contributed by atoms with Crippen molar-refractivity contribution in [3.63, 3.8) is 0 Å². The van der Waals surface area contributed by atoms with Gasteiger partial charge in [0, 0.05) is 31.3 Å². The number of imidazole rings is 1. The van der Waals surface area contributed by atoms with Crippen LogP contribution in [0.4, 0.5) is 0 Å². The van der Waals surface area contributed by atoms with Gasteiger partial charge in [0.1, 0.15) is 17.3 Å². The van der Waals surface area contributed by atoms with Crippen LogP contribution >= 0.6 is 0 Å². The van der Waals surface area contributed by atoms with Gasteiger partial charge in [0.05, 0.1) is 51.3 Å². The molecule has 4 heterocycles. The van der Waals surface area contributed by atoms with Crippen LogP contribution in [0.15, 0.2) is 279 Å². The van der Waals surface area contributed by atoms with Crippen LogP contribution in [-0.4, -0.2) is 14.1 Å². The average Bonchev–Trinajstić information content (AvgIpc) is 1.39. The number of nitrogens with zero attached hydrogens (tertiary/aromatic N) is 4. The molecule has 16 rings (SSSR count). The third-order valence-corrected chi connectivity index (χ3v) is 17.6. The topological polar surface area (TPSA) is 35.9 Å². The number of ether oxygens (including phenoxy) is 1. The summed E-state index contributed by atoms with van der Waals surface area (Å²) in [5.74, 6) is 1.56. The molecule has 0 radical (unpaired) electrons. The molecule has 1 aliphatic rings. The van der Waals surface area contributed by atoms with Gasteiger partial charge >= 0.3 is 0 Å². The van der Waals surface area contributed by atoms with Gasteiger partial charge in [-0.15, -0.1) is 0 Å². The van der Waals surface area contributed by atoms with Crippen molar-refractivity contribution in [2.75, 3.05) is 0 Å². The standard InChI is InChI=1S/C88H70N4O/c1-56-23-21-24-57(2)84(56)65-49-77(60-37-39-66(40-38-60)87(3,4)5)85-78(50-65)73-33-17-15-31-71(73)72-32-16-18-34-74(72)79-48-64(63-46-61(58-25-11-9-12-26-58)45-62(47-63)59-27-13-10-14-28-59)51-82-86(79)91(85)55-90(82)68-29-22-30-69(53-68)93-70-41-42-76-75-35-19-20-36-80(75)92(81(76)54-70)83-52-67(43-44-89-83)88(6,7)8/h9-54H,1-8H3/i1D3,2D3,9D,10D,11D,12D,13D,14D,25D,26D,27D,28D,45D,46D,47D. The van der Waals surface area contributed by atoms with E-state index in [1.807, 2.05) is 156 Å². The number of aryl methyl sites for hydroxylation is 2. The zero-order valence-electron chi connectivity index (χ0n) is 70.7. The molecule has 0 fully saturated rings. The molecule has 0 aliphatic carbocycles. The van der Waals surface area contributed by atoms with E-state index >= 15 is 0 Å². The highest BCUT2D eigenvalue weighted by molar-refractivity contribution is 6.10. The predicted molar refractivity (Wildman–Crippen MR) is 386 cm³/mol. The number of rotatable bonds is 9. The van der Waals surface area contributed by atoms with E-state index in [0.717, 1.165) is 38.8 Å². The van der Waals surface area contributed by atoms with Crippen LogP contribution in [-0.2, 0) is 10.8 Å². The molecule has 93 heavy (non-hydrogen) atoms. The fraction of sp³-hybridized carbons (Fsp3) is 0.114. The number of pyridine rings is 1. The van der Waals surface area contributed by atoms with Gasteiger partial charge in [-0.05, 0) is 221 Å². The molecule has 0 atom stereocenters. The van der Waals surface area contributed by atoms with E-state index in [4.69, 9.17) is 26.2 Å². The van der Waals surface area contributed by atoms with Gasteiger partial charge in [-0.1, -0.05) is 223 Å². The molecule has 0 spiro atoms. The SMILES string of the molecule is [2H]c1c([2H])c([2H])c(-c2c([2H])c(-c3cc4c5c(c3)n(-c3cccc(Oc6ccc7c8ccccc8n(-c8cc(C(C)(C)C)ccn8)c7c6)c3)[c-][n+]5-c3c(-c5ccc(C(C)(C)C)cc5)cc(-c5c(C([2H])([2H])[2H])cccc5C([2H])([2H])[2H])cc3-c3ccccc3-c3ccccc3-4)c([2H])c(-c3c([2H])c([2H])c([2H])c([2H])c3[2H])c2[2H])c([2H])c1[2H]. The van der Waals surface area contributed by atoms with Crippen molar-refractivity contribution >= 4 is 32.8 Å². The first-order chi connectivity index (χ1) is 53.0. The van der Waals surface area contributed by atoms with E-state index in [1.165, 1.54) is 18.2 Å². The smallest absolute Gasteiger partial charge is 0.269 e. The van der Waals surface area contributed by atoms with E-state index in [2.05, 4.69) is 70.6 Å². The minimum Gasteiger partial charge on any atom is -0.458 e. The monoisotopic (exact) mass is 1220 g/mol. The molecule has 0 unspecified atom stereocenters. The highest BCUT2D eigenvalue weighted by Crippen LogP contribution is 2.49. The summed E-state index contributed by atoms with van der Waals surface area (Å²) in [5, 5.41) is 1.97. The van der Waals surface area contributed by atoms with Gasteiger partial charge in [0.25, 0.3) is 6.33 Å². The summed E-state index contributed by atoms with van der Waals surface area (Å²) in [6.45, 7) is 7.14. The molecule has 12 aromatic carbocycles. The molecule has 0 saturated carbocycles. The summed E-state index contributed by atoms with van der Waals surface area (Å²) < 4.78 is 188. The Labute approximate surface area is 571 Å². The molecule has 0 bridgehead atoms. The van der Waals surface area contributed by atoms with Gasteiger partial charge in [0.15, 0.2) is 0 Å². The van der Waals surface area contributed by atoms with Crippen LogP contribution in [0.25, 0.3) is 139 Å². The summed E-state index contributed by atoms with van der Waals surface area (Å²) >= 11 is 0. The average molecular weight is 1220 g/mol. The lowest BCUT2D eigenvalue weighted by molar-refractivity contribution is -0.570. The molecule has 5 heteroatoms. The molecule has 3 aromatic heterocycles. The first-order valence-electron chi connectivity index (χ1n) is 40.3. The summed E-state index contributed by atoms with van der Waals surface area (Å²) in [7, 11) is 0. The minimum atomic E-state index is -2.81. The van der Waals surface area contributed by atoms with Crippen LogP contribution in [0.3, 0.4) is 0 Å². The maximum Gasteiger partial charge on any atom is 0.269 e. The Morgan fingerprint density at radius 3 is 1.66 bits per heavy atom. The summed E-state index contributed by atoms with van der Waals surface area (Å²) in [6.07, 6.45) is 5.63. The van der Waals surface area contributed by atoms with Crippen LogP contribution in [0, 0.1) is 20.0 Å². The molecule has 0 saturated heterocycles. The maximum atomic E-state index is 10.5. The number of hydrogen-bond donors (Lipinski definition) is 0. The molecule has 5 nitrogen and oxygen atoms in total. The molecule has 15 aromatic rings. The molecular formula is C88H70N4O. The lowest BCUT2D eigenvalue weighted by Crippen LogP contribution is -2.32. The van der Waals surface area contributed by atoms with E-state index in [1.54, 1.807) is 16.7 Å². The Kier molecular flexibility index (Phi) is 9.59. The second kappa shape index (κ2) is 22.4. The summed E-state index contributed by atoms with van der Waals surface area (Å²) in [4.78, 5) is 4.91. The zero-order valence-corrected chi connectivity index (χ0v) is 51.7. The van der Waals surface area contributed by atoms with Crippen LogP contribution < -0.4 is 9.30 Å². The summed E-state index contributed by atoms with van der Waals surface area (Å²) in [6, 6.07) is 49.9. The van der Waals surface area contributed by atoms with Crippen molar-refractivity contribution < 1.29 is 35.3 Å². The number of fused-ring (bicyclic) bond motifs is 10. The lowest BCUT2D eigenvalue weighted by atomic mass is 9.84. The van der Waals surface area contributed by atoms with Crippen LogP contribution in [0.1, 0.15) is 89.8 Å². The van der Waals surface area contributed by atoms with Gasteiger partial charge in [-0.2, -0.15) is 0 Å². The van der Waals surface area contributed by atoms with E-state index < -0.39 is 115 Å². The lowest BCUT2D eigenvalue weighted by Gasteiger charge is -2.23. The van der Waals surface area contributed by atoms with Crippen molar-refractivity contribution in [2.24, 2.45) is 0 Å². The largest absolute Gasteiger partial charge is 0.458 e. The minimum absolute atomic E-state index is 0.00301. The number of hydrogen-bond acceptors (Lipinski definition) is 2. The third kappa shape index (κ3) is 10.1. The quantitative estimate of drug-likeness (QED) is 0.107. The Bertz CT molecular complexity index is 6330. The van der Waals surface area contributed by atoms with Crippen LogP contribution in [0.2, 0.25) is 0 Å². The van der Waals surface area contributed by atoms with E-state index in [0.29, 0.717) is 78.4 Å². The number of aromatic nitrogens is 4.